The summed E-state index contributed by atoms with van der Waals surface area (Å²) in [7, 11) is 0. The van der Waals surface area contributed by atoms with Crippen molar-refractivity contribution in [1.29, 1.82) is 0 Å². The van der Waals surface area contributed by atoms with Crippen molar-refractivity contribution >= 4 is 24.0 Å². The molecule has 1 amide bonds. The molecule has 4 nitrogen and oxygen atoms in total. The van der Waals surface area contributed by atoms with Gasteiger partial charge in [0.2, 0.25) is 5.91 Å². The summed E-state index contributed by atoms with van der Waals surface area (Å²) in [5.74, 6) is -0.966. The second-order valence-electron chi connectivity index (χ2n) is 5.66. The van der Waals surface area contributed by atoms with Gasteiger partial charge in [0.15, 0.2) is 0 Å². The van der Waals surface area contributed by atoms with Crippen LogP contribution >= 0.6 is 0 Å². The number of carbonyl (C=O) groups excluding carboxylic acids is 2. The molecule has 25 heavy (non-hydrogen) atoms. The van der Waals surface area contributed by atoms with Crippen LogP contribution in [0.5, 0.6) is 0 Å². The quantitative estimate of drug-likeness (QED) is 0.645. The van der Waals surface area contributed by atoms with Crippen LogP contribution in [0, 0.1) is 0 Å². The van der Waals surface area contributed by atoms with E-state index in [1.54, 1.807) is 26.0 Å². The van der Waals surface area contributed by atoms with Gasteiger partial charge in [-0.2, -0.15) is 0 Å². The summed E-state index contributed by atoms with van der Waals surface area (Å²) in [6.45, 7) is 3.52. The molecule has 0 bridgehead atoms. The standard InChI is InChI=1S/C21H21NO3/c1-16(2)25-21(24)19(15-18-11-7-4-8-12-18)22-20(23)14-13-17-9-5-3-6-10-17/h3-16H,1-2H3,(H,22,23)/b14-13+,19-15-. The third-order valence-corrected chi connectivity index (χ3v) is 3.16. The minimum absolute atomic E-state index is 0.0996. The molecule has 0 unspecified atom stereocenters. The van der Waals surface area contributed by atoms with Crippen molar-refractivity contribution in [3.05, 3.63) is 83.6 Å². The average Bonchev–Trinajstić information content (AvgIpc) is 2.60. The van der Waals surface area contributed by atoms with Gasteiger partial charge in [-0.3, -0.25) is 4.79 Å². The first-order chi connectivity index (χ1) is 12.0. The lowest BCUT2D eigenvalue weighted by atomic mass is 10.2. The predicted molar refractivity (Wildman–Crippen MR) is 99.3 cm³/mol. The van der Waals surface area contributed by atoms with Gasteiger partial charge in [0.1, 0.15) is 5.70 Å². The van der Waals surface area contributed by atoms with Crippen molar-refractivity contribution in [3.63, 3.8) is 0 Å². The van der Waals surface area contributed by atoms with Gasteiger partial charge >= 0.3 is 5.97 Å². The van der Waals surface area contributed by atoms with Gasteiger partial charge in [-0.15, -0.1) is 0 Å². The molecule has 0 aliphatic rings. The molecular formula is C21H21NO3. The van der Waals surface area contributed by atoms with E-state index in [0.717, 1.165) is 11.1 Å². The van der Waals surface area contributed by atoms with Crippen molar-refractivity contribution in [2.24, 2.45) is 0 Å². The zero-order chi connectivity index (χ0) is 18.1. The van der Waals surface area contributed by atoms with E-state index in [0.29, 0.717) is 0 Å². The van der Waals surface area contributed by atoms with Crippen LogP contribution in [0.2, 0.25) is 0 Å². The van der Waals surface area contributed by atoms with E-state index in [1.165, 1.54) is 6.08 Å². The molecule has 0 aromatic heterocycles. The second kappa shape index (κ2) is 9.23. The minimum Gasteiger partial charge on any atom is -0.458 e. The molecule has 0 heterocycles. The Morgan fingerprint density at radius 2 is 1.48 bits per heavy atom. The Kier molecular flexibility index (Phi) is 6.72. The number of ether oxygens (including phenoxy) is 1. The van der Waals surface area contributed by atoms with E-state index in [2.05, 4.69) is 5.32 Å². The van der Waals surface area contributed by atoms with Crippen LogP contribution < -0.4 is 5.32 Å². The molecule has 0 radical (unpaired) electrons. The Morgan fingerprint density at radius 3 is 2.04 bits per heavy atom. The summed E-state index contributed by atoms with van der Waals surface area (Å²) in [6, 6.07) is 18.7. The first kappa shape index (κ1) is 18.2. The second-order valence-corrected chi connectivity index (χ2v) is 5.66. The van der Waals surface area contributed by atoms with Gasteiger partial charge in [-0.25, -0.2) is 4.79 Å². The lowest BCUT2D eigenvalue weighted by Gasteiger charge is -2.11. The maximum atomic E-state index is 12.2. The molecule has 0 atom stereocenters. The molecule has 4 heteroatoms. The fourth-order valence-corrected chi connectivity index (χ4v) is 2.05. The third kappa shape index (κ3) is 6.47. The summed E-state index contributed by atoms with van der Waals surface area (Å²) >= 11 is 0. The largest absolute Gasteiger partial charge is 0.458 e. The molecule has 0 aliphatic carbocycles. The van der Waals surface area contributed by atoms with Gasteiger partial charge in [-0.05, 0) is 37.1 Å². The molecule has 0 aliphatic heterocycles. The first-order valence-electron chi connectivity index (χ1n) is 8.06. The first-order valence-corrected chi connectivity index (χ1v) is 8.06. The summed E-state index contributed by atoms with van der Waals surface area (Å²) in [6.07, 6.45) is 4.39. The summed E-state index contributed by atoms with van der Waals surface area (Å²) in [5, 5.41) is 2.60. The highest BCUT2D eigenvalue weighted by molar-refractivity contribution is 6.02. The number of hydrogen-bond acceptors (Lipinski definition) is 3. The molecule has 2 aromatic rings. The number of carbonyl (C=O) groups is 2. The van der Waals surface area contributed by atoms with Gasteiger partial charge in [0.25, 0.3) is 0 Å². The van der Waals surface area contributed by atoms with Crippen LogP contribution in [0.1, 0.15) is 25.0 Å². The molecule has 0 saturated heterocycles. The smallest absolute Gasteiger partial charge is 0.355 e. The van der Waals surface area contributed by atoms with E-state index in [9.17, 15) is 9.59 Å². The maximum Gasteiger partial charge on any atom is 0.355 e. The maximum absolute atomic E-state index is 12.2. The molecule has 2 aromatic carbocycles. The lowest BCUT2D eigenvalue weighted by Crippen LogP contribution is -2.28. The number of benzene rings is 2. The van der Waals surface area contributed by atoms with E-state index >= 15 is 0 Å². The van der Waals surface area contributed by atoms with Crippen molar-refractivity contribution in [1.82, 2.24) is 5.32 Å². The monoisotopic (exact) mass is 335 g/mol. The van der Waals surface area contributed by atoms with Crippen LogP contribution in [0.3, 0.4) is 0 Å². The molecule has 128 valence electrons. The number of nitrogens with one attached hydrogen (secondary N) is 1. The third-order valence-electron chi connectivity index (χ3n) is 3.16. The molecular weight excluding hydrogens is 314 g/mol. The van der Waals surface area contributed by atoms with Gasteiger partial charge in [0, 0.05) is 6.08 Å². The highest BCUT2D eigenvalue weighted by Crippen LogP contribution is 2.08. The van der Waals surface area contributed by atoms with E-state index < -0.39 is 11.9 Å². The van der Waals surface area contributed by atoms with Crippen molar-refractivity contribution in [3.8, 4) is 0 Å². The normalized spacial score (nSPS) is 11.6. The number of amides is 1. The van der Waals surface area contributed by atoms with Crippen LogP contribution in [0.15, 0.2) is 72.4 Å². The summed E-state index contributed by atoms with van der Waals surface area (Å²) in [5.41, 5.74) is 1.80. The highest BCUT2D eigenvalue weighted by Gasteiger charge is 2.15. The van der Waals surface area contributed by atoms with Crippen molar-refractivity contribution < 1.29 is 14.3 Å². The molecule has 0 spiro atoms. The Labute approximate surface area is 147 Å². The van der Waals surface area contributed by atoms with Crippen molar-refractivity contribution in [2.45, 2.75) is 20.0 Å². The Morgan fingerprint density at radius 1 is 0.920 bits per heavy atom. The predicted octanol–water partition coefficient (Wildman–Crippen LogP) is 3.81. The SMILES string of the molecule is CC(C)OC(=O)/C(=C/c1ccccc1)NC(=O)/C=C/c1ccccc1. The number of esters is 1. The Balaban J connectivity index is 2.15. The Hall–Kier alpha value is -3.14. The van der Waals surface area contributed by atoms with E-state index in [-0.39, 0.29) is 11.8 Å². The van der Waals surface area contributed by atoms with Crippen LogP contribution in [0.25, 0.3) is 12.2 Å². The fraction of sp³-hybridized carbons (Fsp3) is 0.143. The Bertz CT molecular complexity index is 762. The fourth-order valence-electron chi connectivity index (χ4n) is 2.05. The zero-order valence-corrected chi connectivity index (χ0v) is 14.3. The van der Waals surface area contributed by atoms with Crippen LogP contribution in [0.4, 0.5) is 0 Å². The summed E-state index contributed by atoms with van der Waals surface area (Å²) < 4.78 is 5.20. The lowest BCUT2D eigenvalue weighted by molar-refractivity contribution is -0.143. The van der Waals surface area contributed by atoms with Crippen LogP contribution in [-0.2, 0) is 14.3 Å². The van der Waals surface area contributed by atoms with Crippen molar-refractivity contribution in [2.75, 3.05) is 0 Å². The van der Waals surface area contributed by atoms with Gasteiger partial charge < -0.3 is 10.1 Å². The molecule has 2 rings (SSSR count). The highest BCUT2D eigenvalue weighted by atomic mass is 16.5. The van der Waals surface area contributed by atoms with Crippen LogP contribution in [-0.4, -0.2) is 18.0 Å². The summed E-state index contributed by atoms with van der Waals surface area (Å²) in [4.78, 5) is 24.4. The van der Waals surface area contributed by atoms with E-state index in [1.807, 2.05) is 60.7 Å². The number of rotatable bonds is 6. The number of hydrogen-bond donors (Lipinski definition) is 1. The van der Waals surface area contributed by atoms with Gasteiger partial charge in [-0.1, -0.05) is 60.7 Å². The average molecular weight is 335 g/mol. The zero-order valence-electron chi connectivity index (χ0n) is 14.3. The van der Waals surface area contributed by atoms with E-state index in [4.69, 9.17) is 4.74 Å². The molecule has 0 fully saturated rings. The molecule has 1 N–H and O–H groups in total. The molecule has 0 saturated carbocycles. The minimum atomic E-state index is -0.569. The van der Waals surface area contributed by atoms with Gasteiger partial charge in [0.05, 0.1) is 6.10 Å². The topological polar surface area (TPSA) is 55.4 Å².